The Bertz CT molecular complexity index is 641. The summed E-state index contributed by atoms with van der Waals surface area (Å²) < 4.78 is 12.8. The monoisotopic (exact) mass is 301 g/mol. The van der Waals surface area contributed by atoms with Crippen molar-refractivity contribution in [3.63, 3.8) is 0 Å². The van der Waals surface area contributed by atoms with Gasteiger partial charge in [-0.1, -0.05) is 42.5 Å². The molecule has 0 aliphatic heterocycles. The third kappa shape index (κ3) is 4.70. The molecule has 0 saturated carbocycles. The number of rotatable bonds is 6. The van der Waals surface area contributed by atoms with Crippen LogP contribution in [0.1, 0.15) is 11.1 Å². The predicted octanol–water partition coefficient (Wildman–Crippen LogP) is 2.18. The first-order valence-corrected chi connectivity index (χ1v) is 6.85. The predicted molar refractivity (Wildman–Crippen MR) is 79.8 cm³/mol. The summed E-state index contributed by atoms with van der Waals surface area (Å²) in [5, 5.41) is 11.7. The highest BCUT2D eigenvalue weighted by Crippen LogP contribution is 2.07. The number of aliphatic carboxylic acids is 1. The average Bonchev–Trinajstić information content (AvgIpc) is 2.49. The first-order chi connectivity index (χ1) is 10.5. The molecule has 0 aromatic heterocycles. The van der Waals surface area contributed by atoms with Gasteiger partial charge in [0.1, 0.15) is 11.9 Å². The number of nitrogens with one attached hydrogen (secondary N) is 1. The van der Waals surface area contributed by atoms with Crippen molar-refractivity contribution in [2.45, 2.75) is 18.9 Å². The van der Waals surface area contributed by atoms with Crippen molar-refractivity contribution >= 4 is 11.9 Å². The van der Waals surface area contributed by atoms with Gasteiger partial charge in [-0.2, -0.15) is 0 Å². The molecule has 2 aromatic carbocycles. The van der Waals surface area contributed by atoms with Gasteiger partial charge in [0.2, 0.25) is 5.91 Å². The lowest BCUT2D eigenvalue weighted by Crippen LogP contribution is -2.43. The fourth-order valence-electron chi connectivity index (χ4n) is 2.08. The molecule has 1 atom stereocenters. The molecule has 1 amide bonds. The Kier molecular flexibility index (Phi) is 5.25. The molecule has 0 saturated heterocycles. The van der Waals surface area contributed by atoms with Gasteiger partial charge >= 0.3 is 5.97 Å². The second-order valence-electron chi connectivity index (χ2n) is 4.95. The number of carboxylic acid groups (broad SMARTS) is 1. The Morgan fingerprint density at radius 2 is 1.64 bits per heavy atom. The molecule has 2 aromatic rings. The number of hydrogen-bond donors (Lipinski definition) is 2. The molecule has 0 unspecified atom stereocenters. The Hall–Kier alpha value is -2.69. The van der Waals surface area contributed by atoms with Gasteiger partial charge in [-0.3, -0.25) is 4.79 Å². The third-order valence-electron chi connectivity index (χ3n) is 3.19. The number of halogens is 1. The van der Waals surface area contributed by atoms with E-state index in [-0.39, 0.29) is 24.6 Å². The number of amides is 1. The fraction of sp³-hybridized carbons (Fsp3) is 0.176. The van der Waals surface area contributed by atoms with Gasteiger partial charge in [-0.15, -0.1) is 0 Å². The number of carbonyl (C=O) groups is 2. The van der Waals surface area contributed by atoms with Crippen molar-refractivity contribution < 1.29 is 19.1 Å². The van der Waals surface area contributed by atoms with E-state index in [1.54, 1.807) is 12.1 Å². The van der Waals surface area contributed by atoms with E-state index in [4.69, 9.17) is 0 Å². The van der Waals surface area contributed by atoms with Crippen LogP contribution in [0.4, 0.5) is 4.39 Å². The van der Waals surface area contributed by atoms with Crippen molar-refractivity contribution in [3.05, 3.63) is 71.5 Å². The van der Waals surface area contributed by atoms with Crippen LogP contribution in [-0.4, -0.2) is 23.0 Å². The SMILES string of the molecule is O=C(Cc1ccccc1)N[C@H](Cc1ccc(F)cc1)C(=O)O. The van der Waals surface area contributed by atoms with Crippen molar-refractivity contribution in [2.24, 2.45) is 0 Å². The minimum atomic E-state index is -1.12. The Balaban J connectivity index is 1.98. The van der Waals surface area contributed by atoms with Crippen LogP contribution in [0, 0.1) is 5.82 Å². The molecular weight excluding hydrogens is 285 g/mol. The van der Waals surface area contributed by atoms with Crippen molar-refractivity contribution in [2.75, 3.05) is 0 Å². The third-order valence-corrected chi connectivity index (χ3v) is 3.19. The first kappa shape index (κ1) is 15.7. The van der Waals surface area contributed by atoms with E-state index in [0.717, 1.165) is 5.56 Å². The quantitative estimate of drug-likeness (QED) is 0.859. The molecule has 114 valence electrons. The highest BCUT2D eigenvalue weighted by Gasteiger charge is 2.20. The molecule has 4 nitrogen and oxygen atoms in total. The van der Waals surface area contributed by atoms with E-state index in [9.17, 15) is 19.1 Å². The minimum absolute atomic E-state index is 0.107. The summed E-state index contributed by atoms with van der Waals surface area (Å²) in [5.74, 6) is -1.87. The molecule has 0 fully saturated rings. The van der Waals surface area contributed by atoms with Gasteiger partial charge < -0.3 is 10.4 Å². The normalized spacial score (nSPS) is 11.7. The Labute approximate surface area is 127 Å². The number of hydrogen-bond acceptors (Lipinski definition) is 2. The van der Waals surface area contributed by atoms with Gasteiger partial charge in [-0.05, 0) is 23.3 Å². The zero-order chi connectivity index (χ0) is 15.9. The average molecular weight is 301 g/mol. The zero-order valence-corrected chi connectivity index (χ0v) is 11.8. The Morgan fingerprint density at radius 1 is 1.00 bits per heavy atom. The number of carbonyl (C=O) groups excluding carboxylic acids is 1. The smallest absolute Gasteiger partial charge is 0.326 e. The maximum Gasteiger partial charge on any atom is 0.326 e. The highest BCUT2D eigenvalue weighted by atomic mass is 19.1. The van der Waals surface area contributed by atoms with Crippen LogP contribution >= 0.6 is 0 Å². The van der Waals surface area contributed by atoms with Crippen LogP contribution in [0.15, 0.2) is 54.6 Å². The zero-order valence-electron chi connectivity index (χ0n) is 11.8. The van der Waals surface area contributed by atoms with E-state index in [1.165, 1.54) is 24.3 Å². The first-order valence-electron chi connectivity index (χ1n) is 6.85. The Morgan fingerprint density at radius 3 is 2.23 bits per heavy atom. The summed E-state index contributed by atoms with van der Waals surface area (Å²) in [5.41, 5.74) is 1.46. The molecule has 5 heteroatoms. The second kappa shape index (κ2) is 7.36. The van der Waals surface area contributed by atoms with Crippen molar-refractivity contribution in [3.8, 4) is 0 Å². The van der Waals surface area contributed by atoms with Crippen LogP contribution in [0.5, 0.6) is 0 Å². The summed E-state index contributed by atoms with van der Waals surface area (Å²) in [4.78, 5) is 23.2. The lowest BCUT2D eigenvalue weighted by Gasteiger charge is -2.14. The number of benzene rings is 2. The molecule has 0 radical (unpaired) electrons. The van der Waals surface area contributed by atoms with Crippen molar-refractivity contribution in [1.29, 1.82) is 0 Å². The highest BCUT2D eigenvalue weighted by molar-refractivity contribution is 5.85. The van der Waals surface area contributed by atoms with Gasteiger partial charge in [0.05, 0.1) is 6.42 Å². The van der Waals surface area contributed by atoms with Gasteiger partial charge in [0.25, 0.3) is 0 Å². The molecule has 0 spiro atoms. The summed E-state index contributed by atoms with van der Waals surface area (Å²) in [6.07, 6.45) is 0.226. The lowest BCUT2D eigenvalue weighted by molar-refractivity contribution is -0.141. The fourth-order valence-corrected chi connectivity index (χ4v) is 2.08. The second-order valence-corrected chi connectivity index (χ2v) is 4.95. The minimum Gasteiger partial charge on any atom is -0.480 e. The lowest BCUT2D eigenvalue weighted by atomic mass is 10.1. The number of carboxylic acids is 1. The standard InChI is InChI=1S/C17H16FNO3/c18-14-8-6-13(7-9-14)10-15(17(21)22)19-16(20)11-12-4-2-1-3-5-12/h1-9,15H,10-11H2,(H,19,20)(H,21,22)/t15-/m1/s1. The van der Waals surface area contributed by atoms with Gasteiger partial charge in [0.15, 0.2) is 0 Å². The van der Waals surface area contributed by atoms with Crippen LogP contribution in [0.25, 0.3) is 0 Å². The summed E-state index contributed by atoms with van der Waals surface area (Å²) in [7, 11) is 0. The molecule has 0 aliphatic rings. The van der Waals surface area contributed by atoms with E-state index in [0.29, 0.717) is 5.56 Å². The van der Waals surface area contributed by atoms with Gasteiger partial charge in [-0.25, -0.2) is 9.18 Å². The molecule has 2 N–H and O–H groups in total. The molecule has 0 bridgehead atoms. The van der Waals surface area contributed by atoms with E-state index in [2.05, 4.69) is 5.32 Å². The van der Waals surface area contributed by atoms with Crippen LogP contribution in [0.3, 0.4) is 0 Å². The summed E-state index contributed by atoms with van der Waals surface area (Å²) in [6, 6.07) is 13.6. The van der Waals surface area contributed by atoms with E-state index >= 15 is 0 Å². The molecular formula is C17H16FNO3. The molecule has 0 aliphatic carbocycles. The molecule has 0 heterocycles. The largest absolute Gasteiger partial charge is 0.480 e. The topological polar surface area (TPSA) is 66.4 Å². The van der Waals surface area contributed by atoms with Crippen LogP contribution in [0.2, 0.25) is 0 Å². The van der Waals surface area contributed by atoms with E-state index in [1.807, 2.05) is 18.2 Å². The maximum atomic E-state index is 12.8. The van der Waals surface area contributed by atoms with Crippen molar-refractivity contribution in [1.82, 2.24) is 5.32 Å². The molecule has 2 rings (SSSR count). The summed E-state index contributed by atoms with van der Waals surface area (Å²) in [6.45, 7) is 0. The molecule has 22 heavy (non-hydrogen) atoms. The summed E-state index contributed by atoms with van der Waals surface area (Å²) >= 11 is 0. The van der Waals surface area contributed by atoms with Crippen LogP contribution in [-0.2, 0) is 22.4 Å². The van der Waals surface area contributed by atoms with Crippen LogP contribution < -0.4 is 5.32 Å². The van der Waals surface area contributed by atoms with Gasteiger partial charge in [0, 0.05) is 6.42 Å². The van der Waals surface area contributed by atoms with E-state index < -0.39 is 12.0 Å². The maximum absolute atomic E-state index is 12.8.